The second-order valence-electron chi connectivity index (χ2n) is 7.51. The largest absolute Gasteiger partial charge is 0.305 e. The van der Waals surface area contributed by atoms with Gasteiger partial charge in [0, 0.05) is 16.4 Å². The molecule has 28 heavy (non-hydrogen) atoms. The van der Waals surface area contributed by atoms with Crippen molar-refractivity contribution >= 4 is 40.4 Å². The van der Waals surface area contributed by atoms with E-state index in [2.05, 4.69) is 27.7 Å². The molecule has 7 heteroatoms. The molecule has 3 heterocycles. The van der Waals surface area contributed by atoms with E-state index in [-0.39, 0.29) is 18.2 Å². The van der Waals surface area contributed by atoms with Gasteiger partial charge in [-0.2, -0.15) is 0 Å². The van der Waals surface area contributed by atoms with Crippen LogP contribution in [0.25, 0.3) is 0 Å². The quantitative estimate of drug-likeness (QED) is 0.730. The first-order valence-corrected chi connectivity index (χ1v) is 11.0. The van der Waals surface area contributed by atoms with Crippen molar-refractivity contribution in [2.24, 2.45) is 5.92 Å². The highest BCUT2D eigenvalue weighted by Gasteiger charge is 2.39. The molecule has 2 fully saturated rings. The highest BCUT2D eigenvalue weighted by atomic mass is 35.5. The van der Waals surface area contributed by atoms with Gasteiger partial charge in [-0.05, 0) is 74.1 Å². The minimum atomic E-state index is -0.424. The van der Waals surface area contributed by atoms with E-state index in [1.807, 2.05) is 11.3 Å². The summed E-state index contributed by atoms with van der Waals surface area (Å²) in [6, 6.07) is 10.7. The molecule has 0 bridgehead atoms. The van der Waals surface area contributed by atoms with Crippen LogP contribution in [-0.4, -0.2) is 42.4 Å². The summed E-state index contributed by atoms with van der Waals surface area (Å²) in [6.45, 7) is 3.98. The fraction of sp³-hybridized carbons (Fsp3) is 0.429. The zero-order chi connectivity index (χ0) is 19.5. The number of nitrogens with one attached hydrogen (secondary N) is 1. The number of carbonyl (C=O) groups is 2. The van der Waals surface area contributed by atoms with E-state index in [1.54, 1.807) is 24.3 Å². The molecular weight excluding hydrogens is 394 g/mol. The van der Waals surface area contributed by atoms with Gasteiger partial charge in [-0.25, -0.2) is 4.90 Å². The molecule has 1 N–H and O–H groups in total. The number of hydrogen-bond acceptors (Lipinski definition) is 5. The lowest BCUT2D eigenvalue weighted by Crippen LogP contribution is -2.43. The molecule has 2 amide bonds. The lowest BCUT2D eigenvalue weighted by molar-refractivity contribution is -0.121. The molecule has 5 nitrogen and oxygen atoms in total. The lowest BCUT2D eigenvalue weighted by Gasteiger charge is -2.32. The van der Waals surface area contributed by atoms with Crippen molar-refractivity contribution in [3.63, 3.8) is 0 Å². The molecule has 0 aliphatic carbocycles. The third-order valence-corrected chi connectivity index (χ3v) is 6.66. The topological polar surface area (TPSA) is 52.7 Å². The van der Waals surface area contributed by atoms with E-state index in [1.165, 1.54) is 9.78 Å². The number of imide groups is 1. The van der Waals surface area contributed by atoms with Crippen LogP contribution >= 0.6 is 22.9 Å². The van der Waals surface area contributed by atoms with Crippen molar-refractivity contribution in [3.8, 4) is 0 Å². The van der Waals surface area contributed by atoms with Gasteiger partial charge in [0.25, 0.3) is 5.91 Å². The number of halogens is 1. The Balaban J connectivity index is 1.26. The van der Waals surface area contributed by atoms with Crippen LogP contribution in [0.4, 0.5) is 5.69 Å². The Bertz CT molecular complexity index is 817. The van der Waals surface area contributed by atoms with Crippen LogP contribution in [0.2, 0.25) is 5.02 Å². The summed E-state index contributed by atoms with van der Waals surface area (Å²) in [5.74, 6) is 0.227. The molecular formula is C21H24ClN3O2S. The number of likely N-dealkylation sites (tertiary alicyclic amines) is 1. The summed E-state index contributed by atoms with van der Waals surface area (Å²) < 4.78 is 0. The van der Waals surface area contributed by atoms with E-state index in [4.69, 9.17) is 11.6 Å². The molecule has 1 aromatic heterocycles. The fourth-order valence-electron chi connectivity index (χ4n) is 3.93. The minimum Gasteiger partial charge on any atom is -0.305 e. The van der Waals surface area contributed by atoms with Crippen molar-refractivity contribution in [1.29, 1.82) is 0 Å². The van der Waals surface area contributed by atoms with Crippen LogP contribution in [0.5, 0.6) is 0 Å². The van der Waals surface area contributed by atoms with Gasteiger partial charge < -0.3 is 5.32 Å². The van der Waals surface area contributed by atoms with Gasteiger partial charge in [0.05, 0.1) is 18.2 Å². The van der Waals surface area contributed by atoms with Gasteiger partial charge in [-0.1, -0.05) is 17.7 Å². The van der Waals surface area contributed by atoms with Gasteiger partial charge in [-0.15, -0.1) is 11.3 Å². The van der Waals surface area contributed by atoms with Crippen LogP contribution in [-0.2, 0) is 16.1 Å². The van der Waals surface area contributed by atoms with Gasteiger partial charge in [0.15, 0.2) is 0 Å². The zero-order valence-corrected chi connectivity index (χ0v) is 17.2. The molecule has 1 atom stereocenters. The first-order valence-electron chi connectivity index (χ1n) is 9.70. The van der Waals surface area contributed by atoms with Crippen molar-refractivity contribution in [1.82, 2.24) is 10.2 Å². The Morgan fingerprint density at radius 2 is 1.86 bits per heavy atom. The highest BCUT2D eigenvalue weighted by molar-refractivity contribution is 7.09. The van der Waals surface area contributed by atoms with E-state index in [0.29, 0.717) is 16.6 Å². The van der Waals surface area contributed by atoms with Crippen LogP contribution in [0.1, 0.15) is 24.1 Å². The number of anilines is 1. The summed E-state index contributed by atoms with van der Waals surface area (Å²) in [4.78, 5) is 30.2. The number of rotatable bonds is 6. The summed E-state index contributed by atoms with van der Waals surface area (Å²) in [5.41, 5.74) is 0.589. The first kappa shape index (κ1) is 19.6. The van der Waals surface area contributed by atoms with Gasteiger partial charge in [0.1, 0.15) is 0 Å². The molecule has 2 aliphatic heterocycles. The average Bonchev–Trinajstić information content (AvgIpc) is 3.30. The standard InChI is InChI=1S/C21H24ClN3O2S/c22-16-3-5-17(6-4-16)25-20(26)12-19(21(25)27)23-13-15-7-9-24(10-8-15)14-18-2-1-11-28-18/h1-6,11,15,19,23H,7-10,12-14H2. The molecule has 0 radical (unpaired) electrons. The Labute approximate surface area is 174 Å². The van der Waals surface area contributed by atoms with Crippen LogP contribution in [0.15, 0.2) is 41.8 Å². The molecule has 2 saturated heterocycles. The van der Waals surface area contributed by atoms with Gasteiger partial charge >= 0.3 is 0 Å². The predicted octanol–water partition coefficient (Wildman–Crippen LogP) is 3.54. The maximum absolute atomic E-state index is 12.7. The van der Waals surface area contributed by atoms with Gasteiger partial charge in [0.2, 0.25) is 5.91 Å². The van der Waals surface area contributed by atoms with Gasteiger partial charge in [-0.3, -0.25) is 14.5 Å². The van der Waals surface area contributed by atoms with E-state index in [0.717, 1.165) is 39.0 Å². The fourth-order valence-corrected chi connectivity index (χ4v) is 4.81. The molecule has 4 rings (SSSR count). The van der Waals surface area contributed by atoms with Crippen LogP contribution < -0.4 is 10.2 Å². The number of thiophene rings is 1. The first-order chi connectivity index (χ1) is 13.6. The summed E-state index contributed by atoms with van der Waals surface area (Å²) >= 11 is 7.71. The maximum Gasteiger partial charge on any atom is 0.251 e. The van der Waals surface area contributed by atoms with Crippen LogP contribution in [0, 0.1) is 5.92 Å². The molecule has 1 aromatic carbocycles. The van der Waals surface area contributed by atoms with Crippen LogP contribution in [0.3, 0.4) is 0 Å². The summed E-state index contributed by atoms with van der Waals surface area (Å²) in [7, 11) is 0. The smallest absolute Gasteiger partial charge is 0.251 e. The normalized spacial score (nSPS) is 21.6. The maximum atomic E-state index is 12.7. The third-order valence-electron chi connectivity index (χ3n) is 5.55. The van der Waals surface area contributed by atoms with Crippen molar-refractivity contribution in [3.05, 3.63) is 51.7 Å². The summed E-state index contributed by atoms with van der Waals surface area (Å²) in [6.07, 6.45) is 2.46. The molecule has 0 saturated carbocycles. The Kier molecular flexibility index (Phi) is 6.11. The van der Waals surface area contributed by atoms with E-state index < -0.39 is 6.04 Å². The Hall–Kier alpha value is -1.73. The van der Waals surface area contributed by atoms with E-state index in [9.17, 15) is 9.59 Å². The predicted molar refractivity (Wildman–Crippen MR) is 113 cm³/mol. The number of amides is 2. The second kappa shape index (κ2) is 8.74. The Morgan fingerprint density at radius 3 is 2.54 bits per heavy atom. The zero-order valence-electron chi connectivity index (χ0n) is 15.6. The third kappa shape index (κ3) is 4.46. The SMILES string of the molecule is O=C1CC(NCC2CCN(Cc3cccs3)CC2)C(=O)N1c1ccc(Cl)cc1. The lowest BCUT2D eigenvalue weighted by atomic mass is 9.96. The number of benzene rings is 1. The monoisotopic (exact) mass is 417 g/mol. The number of carbonyl (C=O) groups excluding carboxylic acids is 2. The number of piperidine rings is 1. The number of nitrogens with zero attached hydrogens (tertiary/aromatic N) is 2. The summed E-state index contributed by atoms with van der Waals surface area (Å²) in [5, 5.41) is 6.06. The second-order valence-corrected chi connectivity index (χ2v) is 8.98. The molecule has 148 valence electrons. The molecule has 2 aromatic rings. The molecule has 1 unspecified atom stereocenters. The van der Waals surface area contributed by atoms with Crippen molar-refractivity contribution in [2.75, 3.05) is 24.5 Å². The molecule has 2 aliphatic rings. The average molecular weight is 418 g/mol. The van der Waals surface area contributed by atoms with Crippen molar-refractivity contribution < 1.29 is 9.59 Å². The molecule has 0 spiro atoms. The minimum absolute atomic E-state index is 0.157. The van der Waals surface area contributed by atoms with Crippen molar-refractivity contribution in [2.45, 2.75) is 31.8 Å². The number of hydrogen-bond donors (Lipinski definition) is 1. The van der Waals surface area contributed by atoms with E-state index >= 15 is 0 Å². The Morgan fingerprint density at radius 1 is 1.11 bits per heavy atom. The highest BCUT2D eigenvalue weighted by Crippen LogP contribution is 2.25.